The maximum absolute atomic E-state index is 11.9. The van der Waals surface area contributed by atoms with Crippen molar-refractivity contribution in [2.24, 2.45) is 0 Å². The van der Waals surface area contributed by atoms with Crippen LogP contribution in [0.4, 0.5) is 0 Å². The van der Waals surface area contributed by atoms with Crippen LogP contribution in [0.1, 0.15) is 16.8 Å². The summed E-state index contributed by atoms with van der Waals surface area (Å²) in [6.07, 6.45) is 4.05. The van der Waals surface area contributed by atoms with Crippen molar-refractivity contribution in [1.29, 1.82) is 0 Å². The average molecular weight is 333 g/mol. The molecule has 0 saturated heterocycles. The summed E-state index contributed by atoms with van der Waals surface area (Å²) in [5, 5.41) is 8.07. The van der Waals surface area contributed by atoms with Gasteiger partial charge < -0.3 is 5.32 Å². The molecule has 2 rings (SSSR count). The van der Waals surface area contributed by atoms with Gasteiger partial charge in [0, 0.05) is 19.3 Å². The summed E-state index contributed by atoms with van der Waals surface area (Å²) in [7, 11) is 0. The van der Waals surface area contributed by atoms with Crippen molar-refractivity contribution in [3.8, 4) is 0 Å². The fraction of sp³-hybridized carbons (Fsp3) is 0.231. The molecule has 106 valence electrons. The Hall–Kier alpha value is -1.23. The number of halogens is 3. The van der Waals surface area contributed by atoms with E-state index in [1.807, 2.05) is 0 Å². The molecule has 7 heteroatoms. The molecule has 0 spiro atoms. The Kier molecular flexibility index (Phi) is 5.29. The number of aryl methyl sites for hydroxylation is 1. The van der Waals surface area contributed by atoms with Crippen molar-refractivity contribution >= 4 is 40.7 Å². The normalized spacial score (nSPS) is 10.6. The Morgan fingerprint density at radius 2 is 2.10 bits per heavy atom. The van der Waals surface area contributed by atoms with Gasteiger partial charge in [-0.25, -0.2) is 0 Å². The highest BCUT2D eigenvalue weighted by molar-refractivity contribution is 6.43. The van der Waals surface area contributed by atoms with Crippen molar-refractivity contribution in [3.05, 3.63) is 51.2 Å². The van der Waals surface area contributed by atoms with E-state index in [2.05, 4.69) is 10.4 Å². The number of amides is 1. The number of hydrogen-bond donors (Lipinski definition) is 1. The third-order valence-corrected chi connectivity index (χ3v) is 3.66. The van der Waals surface area contributed by atoms with Crippen LogP contribution in [0.15, 0.2) is 30.6 Å². The smallest absolute Gasteiger partial charge is 0.252 e. The van der Waals surface area contributed by atoms with Crippen molar-refractivity contribution in [2.75, 3.05) is 6.54 Å². The molecule has 0 bridgehead atoms. The molecule has 1 amide bonds. The minimum atomic E-state index is -0.240. The van der Waals surface area contributed by atoms with E-state index in [1.165, 1.54) is 0 Å². The van der Waals surface area contributed by atoms with Crippen LogP contribution in [0, 0.1) is 0 Å². The van der Waals surface area contributed by atoms with Crippen molar-refractivity contribution in [1.82, 2.24) is 15.1 Å². The molecule has 1 heterocycles. The van der Waals surface area contributed by atoms with Gasteiger partial charge in [-0.15, -0.1) is 0 Å². The zero-order valence-corrected chi connectivity index (χ0v) is 12.7. The molecule has 0 atom stereocenters. The van der Waals surface area contributed by atoms with E-state index < -0.39 is 0 Å². The van der Waals surface area contributed by atoms with Gasteiger partial charge in [0.25, 0.3) is 5.91 Å². The number of carbonyl (C=O) groups is 1. The first-order valence-corrected chi connectivity index (χ1v) is 7.11. The number of benzene rings is 1. The molecule has 0 fully saturated rings. The molecule has 0 radical (unpaired) electrons. The largest absolute Gasteiger partial charge is 0.352 e. The number of rotatable bonds is 5. The number of nitrogens with one attached hydrogen (secondary N) is 1. The second-order valence-electron chi connectivity index (χ2n) is 4.13. The Balaban J connectivity index is 1.82. The summed E-state index contributed by atoms with van der Waals surface area (Å²) >= 11 is 17.6. The maximum Gasteiger partial charge on any atom is 0.252 e. The van der Waals surface area contributed by atoms with Gasteiger partial charge in [-0.05, 0) is 18.6 Å². The molecular weight excluding hydrogens is 321 g/mol. The first kappa shape index (κ1) is 15.2. The highest BCUT2D eigenvalue weighted by Gasteiger charge is 2.11. The molecular formula is C13H12Cl3N3O. The van der Waals surface area contributed by atoms with Crippen LogP contribution in [0.3, 0.4) is 0 Å². The molecule has 0 saturated carbocycles. The van der Waals surface area contributed by atoms with Crippen LogP contribution in [-0.2, 0) is 6.54 Å². The quantitative estimate of drug-likeness (QED) is 0.849. The van der Waals surface area contributed by atoms with Gasteiger partial charge in [0.15, 0.2) is 0 Å². The molecule has 20 heavy (non-hydrogen) atoms. The molecule has 1 aromatic heterocycles. The molecule has 4 nitrogen and oxygen atoms in total. The van der Waals surface area contributed by atoms with Gasteiger partial charge in [-0.2, -0.15) is 5.10 Å². The summed E-state index contributed by atoms with van der Waals surface area (Å²) in [6, 6.07) is 4.97. The van der Waals surface area contributed by atoms with Crippen molar-refractivity contribution < 1.29 is 4.79 Å². The standard InChI is InChI=1S/C13H12Cl3N3O/c14-9-7-18-19(8-9)6-2-5-17-13(20)10-3-1-4-11(15)12(10)16/h1,3-4,7-8H,2,5-6H2,(H,17,20). The average Bonchev–Trinajstić information content (AvgIpc) is 2.83. The lowest BCUT2D eigenvalue weighted by Gasteiger charge is -2.07. The molecule has 0 unspecified atom stereocenters. The zero-order valence-electron chi connectivity index (χ0n) is 10.4. The van der Waals surface area contributed by atoms with Gasteiger partial charge in [0.1, 0.15) is 0 Å². The summed E-state index contributed by atoms with van der Waals surface area (Å²) in [4.78, 5) is 11.9. The highest BCUT2D eigenvalue weighted by atomic mass is 35.5. The second-order valence-corrected chi connectivity index (χ2v) is 5.35. The third kappa shape index (κ3) is 3.88. The van der Waals surface area contributed by atoms with Crippen molar-refractivity contribution in [2.45, 2.75) is 13.0 Å². The minimum absolute atomic E-state index is 0.240. The Morgan fingerprint density at radius 3 is 2.80 bits per heavy atom. The van der Waals surface area contributed by atoms with Crippen molar-refractivity contribution in [3.63, 3.8) is 0 Å². The predicted molar refractivity (Wildman–Crippen MR) is 80.6 cm³/mol. The number of carbonyl (C=O) groups excluding carboxylic acids is 1. The predicted octanol–water partition coefficient (Wildman–Crippen LogP) is 3.66. The SMILES string of the molecule is O=C(NCCCn1cc(Cl)cn1)c1cccc(Cl)c1Cl. The van der Waals surface area contributed by atoms with Crippen LogP contribution < -0.4 is 5.32 Å². The van der Waals surface area contributed by atoms with Crippen LogP contribution in [0.25, 0.3) is 0 Å². The molecule has 2 aromatic rings. The number of nitrogens with zero attached hydrogens (tertiary/aromatic N) is 2. The van der Waals surface area contributed by atoms with E-state index in [9.17, 15) is 4.79 Å². The van der Waals surface area contributed by atoms with Gasteiger partial charge in [0.2, 0.25) is 0 Å². The van der Waals surface area contributed by atoms with Gasteiger partial charge in [0.05, 0.1) is 26.8 Å². The Bertz CT molecular complexity index is 613. The maximum atomic E-state index is 11.9. The summed E-state index contributed by atoms with van der Waals surface area (Å²) in [5.41, 5.74) is 0.376. The minimum Gasteiger partial charge on any atom is -0.352 e. The summed E-state index contributed by atoms with van der Waals surface area (Å²) < 4.78 is 1.72. The van der Waals surface area contributed by atoms with Gasteiger partial charge >= 0.3 is 0 Å². The second kappa shape index (κ2) is 6.97. The Morgan fingerprint density at radius 1 is 1.30 bits per heavy atom. The van der Waals surface area contributed by atoms with E-state index in [4.69, 9.17) is 34.8 Å². The van der Waals surface area contributed by atoms with E-state index in [0.29, 0.717) is 28.7 Å². The lowest BCUT2D eigenvalue weighted by atomic mass is 10.2. The third-order valence-electron chi connectivity index (χ3n) is 2.65. The van der Waals surface area contributed by atoms with Gasteiger partial charge in [-0.3, -0.25) is 9.48 Å². The lowest BCUT2D eigenvalue weighted by Crippen LogP contribution is -2.25. The van der Waals surface area contributed by atoms with E-state index in [1.54, 1.807) is 35.3 Å². The van der Waals surface area contributed by atoms with E-state index >= 15 is 0 Å². The molecule has 0 aliphatic rings. The van der Waals surface area contributed by atoms with E-state index in [-0.39, 0.29) is 10.9 Å². The van der Waals surface area contributed by atoms with Crippen LogP contribution in [-0.4, -0.2) is 22.2 Å². The van der Waals surface area contributed by atoms with Crippen LogP contribution >= 0.6 is 34.8 Å². The van der Waals surface area contributed by atoms with Gasteiger partial charge in [-0.1, -0.05) is 40.9 Å². The first-order valence-electron chi connectivity index (χ1n) is 5.98. The molecule has 0 aliphatic heterocycles. The fourth-order valence-corrected chi connectivity index (χ4v) is 2.22. The molecule has 1 N–H and O–H groups in total. The number of aromatic nitrogens is 2. The molecule has 0 aliphatic carbocycles. The summed E-state index contributed by atoms with van der Waals surface area (Å²) in [5.74, 6) is -0.240. The summed E-state index contributed by atoms with van der Waals surface area (Å²) in [6.45, 7) is 1.19. The molecule has 1 aromatic carbocycles. The lowest BCUT2D eigenvalue weighted by molar-refractivity contribution is 0.0952. The van der Waals surface area contributed by atoms with Crippen LogP contribution in [0.2, 0.25) is 15.1 Å². The Labute approximate surface area is 131 Å². The fourth-order valence-electron chi connectivity index (χ4n) is 1.68. The topological polar surface area (TPSA) is 46.9 Å². The highest BCUT2D eigenvalue weighted by Crippen LogP contribution is 2.25. The monoisotopic (exact) mass is 331 g/mol. The van der Waals surface area contributed by atoms with E-state index in [0.717, 1.165) is 6.42 Å². The zero-order chi connectivity index (χ0) is 14.5. The van der Waals surface area contributed by atoms with Crippen LogP contribution in [0.5, 0.6) is 0 Å². The number of hydrogen-bond acceptors (Lipinski definition) is 2. The first-order chi connectivity index (χ1) is 9.58.